The van der Waals surface area contributed by atoms with Crippen molar-refractivity contribution in [2.75, 3.05) is 13.7 Å². The molecule has 0 fully saturated rings. The van der Waals surface area contributed by atoms with E-state index >= 15 is 0 Å². The molecule has 1 unspecified atom stereocenters. The van der Waals surface area contributed by atoms with Crippen molar-refractivity contribution in [3.05, 3.63) is 48.0 Å². The Morgan fingerprint density at radius 3 is 2.81 bits per heavy atom. The average molecular weight is 284 g/mol. The van der Waals surface area contributed by atoms with E-state index in [2.05, 4.69) is 5.16 Å². The molecule has 2 N–H and O–H groups in total. The second-order valence-electron chi connectivity index (χ2n) is 5.06. The first-order chi connectivity index (χ1) is 10.2. The fraction of sp³-hybridized carbons (Fsp3) is 0.250. The van der Waals surface area contributed by atoms with Gasteiger partial charge in [0.1, 0.15) is 0 Å². The summed E-state index contributed by atoms with van der Waals surface area (Å²) in [6, 6.07) is 14.1. The molecule has 0 amide bonds. The first-order valence-corrected chi connectivity index (χ1v) is 6.71. The summed E-state index contributed by atoms with van der Waals surface area (Å²) in [6.07, 6.45) is 0.314. The van der Waals surface area contributed by atoms with E-state index in [0.717, 1.165) is 16.3 Å². The minimum atomic E-state index is -1.20. The Labute approximate surface area is 122 Å². The molecule has 2 aromatic rings. The van der Waals surface area contributed by atoms with E-state index in [1.54, 1.807) is 0 Å². The monoisotopic (exact) mass is 284 g/mol. The number of nitrogens with two attached hydrogens (primary N) is 1. The van der Waals surface area contributed by atoms with E-state index in [-0.39, 0.29) is 6.54 Å². The van der Waals surface area contributed by atoms with E-state index < -0.39 is 11.6 Å². The number of benzene rings is 2. The molecule has 108 valence electrons. The van der Waals surface area contributed by atoms with Gasteiger partial charge in [-0.05, 0) is 16.8 Å². The Morgan fingerprint density at radius 2 is 2.10 bits per heavy atom. The van der Waals surface area contributed by atoms with Crippen LogP contribution in [0.15, 0.2) is 47.6 Å². The summed E-state index contributed by atoms with van der Waals surface area (Å²) < 4.78 is 4.77. The SMILES string of the molecule is COC(=O)C1(CN)CC(c2ccc3ccccc3c2)=NO1. The zero-order valence-electron chi connectivity index (χ0n) is 11.7. The first-order valence-electron chi connectivity index (χ1n) is 6.71. The van der Waals surface area contributed by atoms with Crippen molar-refractivity contribution in [1.82, 2.24) is 0 Å². The summed E-state index contributed by atoms with van der Waals surface area (Å²) in [7, 11) is 1.32. The van der Waals surface area contributed by atoms with Gasteiger partial charge in [0.05, 0.1) is 12.8 Å². The molecule has 0 saturated carbocycles. The lowest BCUT2D eigenvalue weighted by molar-refractivity contribution is -0.165. The maximum Gasteiger partial charge on any atom is 0.354 e. The van der Waals surface area contributed by atoms with Crippen molar-refractivity contribution in [3.63, 3.8) is 0 Å². The molecule has 0 aromatic heterocycles. The van der Waals surface area contributed by atoms with Crippen molar-refractivity contribution >= 4 is 22.5 Å². The Balaban J connectivity index is 1.92. The third kappa shape index (κ3) is 2.25. The van der Waals surface area contributed by atoms with Crippen LogP contribution in [0.5, 0.6) is 0 Å². The van der Waals surface area contributed by atoms with Crippen LogP contribution in [-0.4, -0.2) is 30.9 Å². The Kier molecular flexibility index (Phi) is 3.35. The van der Waals surface area contributed by atoms with Crippen molar-refractivity contribution in [2.24, 2.45) is 10.9 Å². The van der Waals surface area contributed by atoms with Gasteiger partial charge in [-0.3, -0.25) is 0 Å². The number of hydrogen-bond acceptors (Lipinski definition) is 5. The summed E-state index contributed by atoms with van der Waals surface area (Å²) in [5.41, 5.74) is 6.11. The summed E-state index contributed by atoms with van der Waals surface area (Å²) in [4.78, 5) is 17.2. The number of esters is 1. The van der Waals surface area contributed by atoms with Crippen LogP contribution in [0.2, 0.25) is 0 Å². The van der Waals surface area contributed by atoms with Gasteiger partial charge in [0.15, 0.2) is 0 Å². The second-order valence-corrected chi connectivity index (χ2v) is 5.06. The molecular formula is C16H16N2O3. The highest BCUT2D eigenvalue weighted by Gasteiger charge is 2.47. The lowest BCUT2D eigenvalue weighted by Crippen LogP contribution is -2.46. The highest BCUT2D eigenvalue weighted by molar-refractivity contribution is 6.06. The van der Waals surface area contributed by atoms with Gasteiger partial charge in [-0.1, -0.05) is 41.6 Å². The molecule has 0 spiro atoms. The standard InChI is InChI=1S/C16H16N2O3/c1-20-15(19)16(10-17)9-14(18-21-16)13-7-6-11-4-2-3-5-12(11)8-13/h2-8H,9-10,17H2,1H3. The molecule has 1 aliphatic rings. The average Bonchev–Trinajstić information content (AvgIpc) is 2.99. The first kappa shape index (κ1) is 13.6. The number of nitrogens with zero attached hydrogens (tertiary/aromatic N) is 1. The molecular weight excluding hydrogens is 268 g/mol. The van der Waals surface area contributed by atoms with E-state index in [4.69, 9.17) is 15.3 Å². The number of carbonyl (C=O) groups excluding carboxylic acids is 1. The number of rotatable bonds is 3. The maximum atomic E-state index is 11.9. The van der Waals surface area contributed by atoms with Crippen LogP contribution >= 0.6 is 0 Å². The van der Waals surface area contributed by atoms with Crippen molar-refractivity contribution in [2.45, 2.75) is 12.0 Å². The Hall–Kier alpha value is -2.40. The molecule has 5 nitrogen and oxygen atoms in total. The fourth-order valence-electron chi connectivity index (χ4n) is 2.49. The van der Waals surface area contributed by atoms with Crippen LogP contribution in [0.4, 0.5) is 0 Å². The second kappa shape index (κ2) is 5.18. The normalized spacial score (nSPS) is 21.0. The van der Waals surface area contributed by atoms with Crippen molar-refractivity contribution < 1.29 is 14.4 Å². The predicted molar refractivity (Wildman–Crippen MR) is 80.0 cm³/mol. The van der Waals surface area contributed by atoms with Crippen molar-refractivity contribution in [3.8, 4) is 0 Å². The molecule has 0 saturated heterocycles. The smallest absolute Gasteiger partial charge is 0.354 e. The molecule has 1 heterocycles. The maximum absolute atomic E-state index is 11.9. The molecule has 1 atom stereocenters. The van der Waals surface area contributed by atoms with Gasteiger partial charge in [0.2, 0.25) is 0 Å². The highest BCUT2D eigenvalue weighted by Crippen LogP contribution is 2.28. The topological polar surface area (TPSA) is 73.9 Å². The summed E-state index contributed by atoms with van der Waals surface area (Å²) in [5, 5.41) is 6.31. The third-order valence-corrected chi connectivity index (χ3v) is 3.75. The van der Waals surface area contributed by atoms with E-state index in [9.17, 15) is 4.79 Å². The Morgan fingerprint density at radius 1 is 1.33 bits per heavy atom. The van der Waals surface area contributed by atoms with Gasteiger partial charge in [-0.25, -0.2) is 4.79 Å². The van der Waals surface area contributed by atoms with Crippen LogP contribution in [0.3, 0.4) is 0 Å². The van der Waals surface area contributed by atoms with E-state index in [0.29, 0.717) is 12.1 Å². The van der Waals surface area contributed by atoms with Gasteiger partial charge >= 0.3 is 5.97 Å². The molecule has 0 aliphatic carbocycles. The highest BCUT2D eigenvalue weighted by atomic mass is 16.7. The lowest BCUT2D eigenvalue weighted by atomic mass is 9.93. The molecule has 21 heavy (non-hydrogen) atoms. The van der Waals surface area contributed by atoms with Crippen LogP contribution in [0.25, 0.3) is 10.8 Å². The molecule has 5 heteroatoms. The molecule has 0 radical (unpaired) electrons. The number of ether oxygens (including phenoxy) is 1. The molecule has 1 aliphatic heterocycles. The molecule has 3 rings (SSSR count). The number of fused-ring (bicyclic) bond motifs is 1. The summed E-state index contributed by atoms with van der Waals surface area (Å²) >= 11 is 0. The summed E-state index contributed by atoms with van der Waals surface area (Å²) in [5.74, 6) is -0.496. The fourth-order valence-corrected chi connectivity index (χ4v) is 2.49. The predicted octanol–water partition coefficient (Wildman–Crippen LogP) is 1.83. The molecule has 0 bridgehead atoms. The lowest BCUT2D eigenvalue weighted by Gasteiger charge is -2.21. The number of hydrogen-bond donors (Lipinski definition) is 1. The summed E-state index contributed by atoms with van der Waals surface area (Å²) in [6.45, 7) is 0.0280. The number of oxime groups is 1. The zero-order valence-corrected chi connectivity index (χ0v) is 11.7. The van der Waals surface area contributed by atoms with Gasteiger partial charge in [-0.15, -0.1) is 0 Å². The van der Waals surface area contributed by atoms with Gasteiger partial charge in [0, 0.05) is 18.5 Å². The number of carbonyl (C=O) groups is 1. The van der Waals surface area contributed by atoms with Crippen LogP contribution in [0.1, 0.15) is 12.0 Å². The molecule has 2 aromatic carbocycles. The minimum absolute atomic E-state index is 0.0280. The van der Waals surface area contributed by atoms with Crippen molar-refractivity contribution in [1.29, 1.82) is 0 Å². The Bertz CT molecular complexity index is 726. The van der Waals surface area contributed by atoms with E-state index in [1.165, 1.54) is 7.11 Å². The quantitative estimate of drug-likeness (QED) is 0.873. The van der Waals surface area contributed by atoms with Crippen LogP contribution < -0.4 is 5.73 Å². The van der Waals surface area contributed by atoms with E-state index in [1.807, 2.05) is 42.5 Å². The van der Waals surface area contributed by atoms with Crippen LogP contribution in [-0.2, 0) is 14.4 Å². The van der Waals surface area contributed by atoms with Gasteiger partial charge in [-0.2, -0.15) is 0 Å². The minimum Gasteiger partial charge on any atom is -0.466 e. The van der Waals surface area contributed by atoms with Crippen LogP contribution in [0, 0.1) is 0 Å². The van der Waals surface area contributed by atoms with Gasteiger partial charge in [0.25, 0.3) is 5.60 Å². The number of methoxy groups -OCH3 is 1. The van der Waals surface area contributed by atoms with Gasteiger partial charge < -0.3 is 15.3 Å². The third-order valence-electron chi connectivity index (χ3n) is 3.75. The largest absolute Gasteiger partial charge is 0.466 e. The zero-order chi connectivity index (χ0) is 14.9.